The van der Waals surface area contributed by atoms with Crippen LogP contribution in [0.1, 0.15) is 58.2 Å². The van der Waals surface area contributed by atoms with E-state index < -0.39 is 0 Å². The lowest BCUT2D eigenvalue weighted by atomic mass is 9.91. The van der Waals surface area contributed by atoms with Crippen molar-refractivity contribution >= 4 is 0 Å². The highest BCUT2D eigenvalue weighted by Gasteiger charge is 2.22. The SMILES string of the molecule is CC.CC.Cc1cc(C(C)(C)n2ccnc2)ccc1C#N. The van der Waals surface area contributed by atoms with Crippen LogP contribution in [0.15, 0.2) is 36.9 Å². The van der Waals surface area contributed by atoms with E-state index in [2.05, 4.69) is 35.5 Å². The van der Waals surface area contributed by atoms with Gasteiger partial charge in [0.15, 0.2) is 0 Å². The standard InChI is InChI=1S/C14H15N3.2C2H6/c1-11-8-13(5-4-12(11)9-15)14(2,3)17-7-6-16-10-17;2*1-2/h4-8,10H,1-3H3;2*1-2H3. The first-order valence-corrected chi connectivity index (χ1v) is 7.55. The normalized spacial score (nSPS) is 9.62. The van der Waals surface area contributed by atoms with E-state index in [4.69, 9.17) is 5.26 Å². The van der Waals surface area contributed by atoms with Crippen molar-refractivity contribution in [2.24, 2.45) is 0 Å². The van der Waals surface area contributed by atoms with Crippen molar-refractivity contribution in [1.29, 1.82) is 5.26 Å². The van der Waals surface area contributed by atoms with E-state index in [1.165, 1.54) is 5.56 Å². The zero-order valence-corrected chi connectivity index (χ0v) is 14.3. The van der Waals surface area contributed by atoms with Crippen molar-refractivity contribution in [3.63, 3.8) is 0 Å². The number of rotatable bonds is 2. The zero-order chi connectivity index (χ0) is 16.5. The van der Waals surface area contributed by atoms with Gasteiger partial charge in [-0.2, -0.15) is 5.26 Å². The number of imidazole rings is 1. The summed E-state index contributed by atoms with van der Waals surface area (Å²) in [5.74, 6) is 0. The van der Waals surface area contributed by atoms with Crippen LogP contribution >= 0.6 is 0 Å². The van der Waals surface area contributed by atoms with Crippen LogP contribution in [0.5, 0.6) is 0 Å². The van der Waals surface area contributed by atoms with Crippen molar-refractivity contribution in [2.45, 2.75) is 54.0 Å². The second-order valence-electron chi connectivity index (χ2n) is 4.67. The average Bonchev–Trinajstić information content (AvgIpc) is 3.06. The zero-order valence-electron chi connectivity index (χ0n) is 14.3. The van der Waals surface area contributed by atoms with E-state index in [0.717, 1.165) is 11.1 Å². The van der Waals surface area contributed by atoms with Crippen LogP contribution in [0.2, 0.25) is 0 Å². The van der Waals surface area contributed by atoms with Gasteiger partial charge in [-0.05, 0) is 38.0 Å². The maximum absolute atomic E-state index is 8.93. The quantitative estimate of drug-likeness (QED) is 0.787. The molecule has 3 heteroatoms. The van der Waals surface area contributed by atoms with Crippen LogP contribution in [0.4, 0.5) is 0 Å². The van der Waals surface area contributed by atoms with Gasteiger partial charge in [0.25, 0.3) is 0 Å². The first-order valence-electron chi connectivity index (χ1n) is 7.55. The summed E-state index contributed by atoms with van der Waals surface area (Å²) >= 11 is 0. The van der Waals surface area contributed by atoms with Gasteiger partial charge in [0.05, 0.1) is 23.5 Å². The van der Waals surface area contributed by atoms with Gasteiger partial charge in [0, 0.05) is 12.4 Å². The van der Waals surface area contributed by atoms with Gasteiger partial charge in [-0.15, -0.1) is 0 Å². The lowest BCUT2D eigenvalue weighted by molar-refractivity contribution is 0.435. The van der Waals surface area contributed by atoms with Gasteiger partial charge in [-0.3, -0.25) is 0 Å². The molecule has 0 aliphatic carbocycles. The first-order chi connectivity index (χ1) is 10.1. The lowest BCUT2D eigenvalue weighted by Gasteiger charge is -2.27. The summed E-state index contributed by atoms with van der Waals surface area (Å²) in [6, 6.07) is 8.14. The van der Waals surface area contributed by atoms with Crippen LogP contribution in [-0.2, 0) is 5.54 Å². The van der Waals surface area contributed by atoms with Crippen LogP contribution < -0.4 is 0 Å². The topological polar surface area (TPSA) is 41.6 Å². The van der Waals surface area contributed by atoms with Crippen LogP contribution in [-0.4, -0.2) is 9.55 Å². The number of hydrogen-bond donors (Lipinski definition) is 0. The maximum Gasteiger partial charge on any atom is 0.0994 e. The molecule has 21 heavy (non-hydrogen) atoms. The molecule has 1 aromatic carbocycles. The Morgan fingerprint density at radius 1 is 1.14 bits per heavy atom. The molecule has 1 heterocycles. The highest BCUT2D eigenvalue weighted by atomic mass is 15.1. The van der Waals surface area contributed by atoms with E-state index in [1.54, 1.807) is 6.20 Å². The number of nitriles is 1. The van der Waals surface area contributed by atoms with Gasteiger partial charge in [-0.25, -0.2) is 4.98 Å². The number of aryl methyl sites for hydroxylation is 1. The van der Waals surface area contributed by atoms with E-state index >= 15 is 0 Å². The fourth-order valence-corrected chi connectivity index (χ4v) is 1.91. The van der Waals surface area contributed by atoms with Crippen molar-refractivity contribution in [2.75, 3.05) is 0 Å². The number of nitrogens with zero attached hydrogens (tertiary/aromatic N) is 3. The molecule has 0 saturated heterocycles. The molecule has 0 aliphatic heterocycles. The molecule has 1 aromatic heterocycles. The summed E-state index contributed by atoms with van der Waals surface area (Å²) in [6.07, 6.45) is 5.54. The average molecular weight is 285 g/mol. The fraction of sp³-hybridized carbons (Fsp3) is 0.444. The first kappa shape index (κ1) is 18.9. The summed E-state index contributed by atoms with van der Waals surface area (Å²) in [4.78, 5) is 4.08. The van der Waals surface area contributed by atoms with Crippen LogP contribution in [0, 0.1) is 18.3 Å². The smallest absolute Gasteiger partial charge is 0.0994 e. The van der Waals surface area contributed by atoms with Gasteiger partial charge in [0.1, 0.15) is 0 Å². The monoisotopic (exact) mass is 285 g/mol. The van der Waals surface area contributed by atoms with Crippen molar-refractivity contribution in [1.82, 2.24) is 9.55 Å². The molecule has 0 fully saturated rings. The summed E-state index contributed by atoms with van der Waals surface area (Å²) < 4.78 is 2.06. The molecule has 0 atom stereocenters. The lowest BCUT2D eigenvalue weighted by Crippen LogP contribution is -2.26. The molecule has 3 nitrogen and oxygen atoms in total. The predicted molar refractivity (Wildman–Crippen MR) is 89.2 cm³/mol. The van der Waals surface area contributed by atoms with Gasteiger partial charge in [0.2, 0.25) is 0 Å². The van der Waals surface area contributed by atoms with E-state index in [-0.39, 0.29) is 5.54 Å². The van der Waals surface area contributed by atoms with Crippen LogP contribution in [0.3, 0.4) is 0 Å². The minimum atomic E-state index is -0.157. The molecule has 0 amide bonds. The van der Waals surface area contributed by atoms with Gasteiger partial charge < -0.3 is 4.57 Å². The number of aromatic nitrogens is 2. The van der Waals surface area contributed by atoms with E-state index in [9.17, 15) is 0 Å². The number of hydrogen-bond acceptors (Lipinski definition) is 2. The highest BCUT2D eigenvalue weighted by molar-refractivity contribution is 5.41. The predicted octanol–water partition coefficient (Wildman–Crippen LogP) is 4.90. The largest absolute Gasteiger partial charge is 0.328 e. The molecule has 0 aliphatic rings. The van der Waals surface area contributed by atoms with Crippen molar-refractivity contribution < 1.29 is 0 Å². The molecule has 114 valence electrons. The molecular formula is C18H27N3. The van der Waals surface area contributed by atoms with Crippen LogP contribution in [0.25, 0.3) is 0 Å². The minimum Gasteiger partial charge on any atom is -0.328 e. The third kappa shape index (κ3) is 4.46. The molecular weight excluding hydrogens is 258 g/mol. The molecule has 0 N–H and O–H groups in total. The molecule has 0 unspecified atom stereocenters. The minimum absolute atomic E-state index is 0.157. The Balaban J connectivity index is 0.000000921. The second kappa shape index (κ2) is 8.97. The molecule has 2 rings (SSSR count). The molecule has 0 bridgehead atoms. The Bertz CT molecular complexity index is 561. The number of benzene rings is 1. The Kier molecular flexibility index (Phi) is 8.08. The Morgan fingerprint density at radius 3 is 2.19 bits per heavy atom. The molecule has 0 saturated carbocycles. The Labute approximate surface area is 129 Å². The van der Waals surface area contributed by atoms with Gasteiger partial charge in [-0.1, -0.05) is 39.8 Å². The van der Waals surface area contributed by atoms with E-state index in [0.29, 0.717) is 0 Å². The van der Waals surface area contributed by atoms with Crippen molar-refractivity contribution in [3.05, 3.63) is 53.6 Å². The second-order valence-corrected chi connectivity index (χ2v) is 4.67. The third-order valence-electron chi connectivity index (χ3n) is 3.20. The highest BCUT2D eigenvalue weighted by Crippen LogP contribution is 2.26. The molecule has 2 aromatic rings. The Morgan fingerprint density at radius 2 is 1.76 bits per heavy atom. The Hall–Kier alpha value is -2.08. The fourth-order valence-electron chi connectivity index (χ4n) is 1.91. The summed E-state index contributed by atoms with van der Waals surface area (Å²) in [6.45, 7) is 14.2. The molecule has 0 spiro atoms. The summed E-state index contributed by atoms with van der Waals surface area (Å²) in [5.41, 5.74) is 2.76. The van der Waals surface area contributed by atoms with E-state index in [1.807, 2.05) is 59.3 Å². The molecule has 0 radical (unpaired) electrons. The third-order valence-corrected chi connectivity index (χ3v) is 3.20. The summed E-state index contributed by atoms with van der Waals surface area (Å²) in [7, 11) is 0. The summed E-state index contributed by atoms with van der Waals surface area (Å²) in [5, 5.41) is 8.93. The maximum atomic E-state index is 8.93. The van der Waals surface area contributed by atoms with Gasteiger partial charge >= 0.3 is 0 Å². The van der Waals surface area contributed by atoms with Crippen molar-refractivity contribution in [3.8, 4) is 6.07 Å².